The molecule has 2 aromatic carbocycles. The van der Waals surface area contributed by atoms with Crippen molar-refractivity contribution in [2.75, 3.05) is 5.32 Å². The summed E-state index contributed by atoms with van der Waals surface area (Å²) < 4.78 is 26.3. The zero-order valence-corrected chi connectivity index (χ0v) is 12.5. The smallest absolute Gasteiger partial charge is 0.262 e. The Labute approximate surface area is 135 Å². The number of nitrogens with one attached hydrogen (secondary N) is 1. The summed E-state index contributed by atoms with van der Waals surface area (Å²) in [6, 6.07) is 7.66. The molecule has 0 fully saturated rings. The van der Waals surface area contributed by atoms with Crippen LogP contribution in [0.3, 0.4) is 0 Å². The molecule has 0 saturated heterocycles. The van der Waals surface area contributed by atoms with Gasteiger partial charge in [0.1, 0.15) is 17.7 Å². The normalized spacial score (nSPS) is 14.5. The number of carbonyl (C=O) groups excluding carboxylic acids is 3. The second kappa shape index (κ2) is 5.84. The summed E-state index contributed by atoms with van der Waals surface area (Å²) >= 11 is 0. The highest BCUT2D eigenvalue weighted by atomic mass is 19.1. The largest absolute Gasteiger partial charge is 0.324 e. The number of amides is 3. The SMILES string of the molecule is C[C@H](C(=O)Nc1cc(F)cc(F)c1)N1C(=O)c2ccccc2C1=O. The Morgan fingerprint density at radius 2 is 1.50 bits per heavy atom. The molecule has 0 saturated carbocycles. The lowest BCUT2D eigenvalue weighted by atomic mass is 10.1. The number of hydrogen-bond acceptors (Lipinski definition) is 3. The maximum atomic E-state index is 13.2. The van der Waals surface area contributed by atoms with Crippen molar-refractivity contribution < 1.29 is 23.2 Å². The molecule has 2 aromatic rings. The lowest BCUT2D eigenvalue weighted by molar-refractivity contribution is -0.119. The van der Waals surface area contributed by atoms with Gasteiger partial charge in [0.15, 0.2) is 0 Å². The highest BCUT2D eigenvalue weighted by Gasteiger charge is 2.40. The number of benzene rings is 2. The van der Waals surface area contributed by atoms with Gasteiger partial charge in [0.25, 0.3) is 11.8 Å². The minimum atomic E-state index is -1.14. The van der Waals surface area contributed by atoms with E-state index in [1.807, 2.05) is 0 Å². The van der Waals surface area contributed by atoms with Crippen molar-refractivity contribution in [1.82, 2.24) is 4.90 Å². The molecule has 1 N–H and O–H groups in total. The van der Waals surface area contributed by atoms with Gasteiger partial charge in [-0.25, -0.2) is 8.78 Å². The monoisotopic (exact) mass is 330 g/mol. The zero-order chi connectivity index (χ0) is 17.4. The van der Waals surface area contributed by atoms with Gasteiger partial charge in [-0.1, -0.05) is 12.1 Å². The van der Waals surface area contributed by atoms with E-state index >= 15 is 0 Å². The Morgan fingerprint density at radius 1 is 1.00 bits per heavy atom. The van der Waals surface area contributed by atoms with Gasteiger partial charge in [-0.15, -0.1) is 0 Å². The van der Waals surface area contributed by atoms with Gasteiger partial charge >= 0.3 is 0 Å². The Morgan fingerprint density at radius 3 is 2.00 bits per heavy atom. The molecule has 1 aliphatic heterocycles. The lowest BCUT2D eigenvalue weighted by Crippen LogP contribution is -2.45. The van der Waals surface area contributed by atoms with Crippen molar-refractivity contribution >= 4 is 23.4 Å². The first kappa shape index (κ1) is 15.8. The fourth-order valence-corrected chi connectivity index (χ4v) is 2.55. The number of carbonyl (C=O) groups is 3. The van der Waals surface area contributed by atoms with Crippen LogP contribution in [0.2, 0.25) is 0 Å². The predicted molar refractivity (Wildman–Crippen MR) is 81.4 cm³/mol. The molecule has 0 radical (unpaired) electrons. The number of rotatable bonds is 3. The molecule has 0 spiro atoms. The van der Waals surface area contributed by atoms with E-state index in [1.165, 1.54) is 19.1 Å². The molecule has 24 heavy (non-hydrogen) atoms. The number of anilines is 1. The molecule has 5 nitrogen and oxygen atoms in total. The quantitative estimate of drug-likeness (QED) is 0.880. The predicted octanol–water partition coefficient (Wildman–Crippen LogP) is 2.59. The summed E-state index contributed by atoms with van der Waals surface area (Å²) in [7, 11) is 0. The van der Waals surface area contributed by atoms with E-state index in [9.17, 15) is 23.2 Å². The van der Waals surface area contributed by atoms with Gasteiger partial charge in [-0.2, -0.15) is 0 Å². The molecule has 0 bridgehead atoms. The van der Waals surface area contributed by atoms with Crippen LogP contribution in [0.15, 0.2) is 42.5 Å². The van der Waals surface area contributed by atoms with Crippen molar-refractivity contribution in [2.24, 2.45) is 0 Å². The minimum absolute atomic E-state index is 0.0963. The highest BCUT2D eigenvalue weighted by Crippen LogP contribution is 2.25. The minimum Gasteiger partial charge on any atom is -0.324 e. The van der Waals surface area contributed by atoms with Crippen LogP contribution in [0.5, 0.6) is 0 Å². The Hall–Kier alpha value is -3.09. The first-order valence-corrected chi connectivity index (χ1v) is 7.12. The molecule has 122 valence electrons. The van der Waals surface area contributed by atoms with Crippen LogP contribution in [-0.2, 0) is 4.79 Å². The number of nitrogens with zero attached hydrogens (tertiary/aromatic N) is 1. The standard InChI is InChI=1S/C17H12F2N2O3/c1-9(15(22)20-12-7-10(18)6-11(19)8-12)21-16(23)13-4-2-3-5-14(13)17(21)24/h2-9H,1H3,(H,20,22)/t9-/m1/s1. The number of halogens is 2. The van der Waals surface area contributed by atoms with Crippen LogP contribution in [-0.4, -0.2) is 28.7 Å². The van der Waals surface area contributed by atoms with E-state index in [1.54, 1.807) is 12.1 Å². The Kier molecular flexibility index (Phi) is 3.84. The third kappa shape index (κ3) is 2.64. The van der Waals surface area contributed by atoms with E-state index in [0.717, 1.165) is 17.0 Å². The number of imide groups is 1. The van der Waals surface area contributed by atoms with Crippen LogP contribution in [0.1, 0.15) is 27.6 Å². The Balaban J connectivity index is 1.82. The maximum absolute atomic E-state index is 13.2. The van der Waals surface area contributed by atoms with Crippen molar-refractivity contribution in [3.05, 3.63) is 65.2 Å². The Bertz CT molecular complexity index is 811. The van der Waals surface area contributed by atoms with Crippen LogP contribution in [0.25, 0.3) is 0 Å². The summed E-state index contributed by atoms with van der Waals surface area (Å²) in [6.07, 6.45) is 0. The summed E-state index contributed by atoms with van der Waals surface area (Å²) in [4.78, 5) is 37.7. The van der Waals surface area contributed by atoms with E-state index in [0.29, 0.717) is 6.07 Å². The third-order valence-electron chi connectivity index (χ3n) is 3.72. The molecule has 0 unspecified atom stereocenters. The molecule has 1 aliphatic rings. The van der Waals surface area contributed by atoms with E-state index in [4.69, 9.17) is 0 Å². The maximum Gasteiger partial charge on any atom is 0.262 e. The summed E-state index contributed by atoms with van der Waals surface area (Å²) in [5.41, 5.74) is 0.346. The summed E-state index contributed by atoms with van der Waals surface area (Å²) in [6.45, 7) is 1.37. The summed E-state index contributed by atoms with van der Waals surface area (Å²) in [5.74, 6) is -3.58. The first-order chi connectivity index (χ1) is 11.4. The van der Waals surface area contributed by atoms with Crippen LogP contribution in [0, 0.1) is 11.6 Å². The second-order valence-corrected chi connectivity index (χ2v) is 5.35. The van der Waals surface area contributed by atoms with Gasteiger partial charge in [0, 0.05) is 11.8 Å². The van der Waals surface area contributed by atoms with Crippen molar-refractivity contribution in [2.45, 2.75) is 13.0 Å². The molecule has 0 aromatic heterocycles. The average molecular weight is 330 g/mol. The molecule has 3 rings (SSSR count). The number of fused-ring (bicyclic) bond motifs is 1. The molecule has 1 heterocycles. The molecule has 7 heteroatoms. The van der Waals surface area contributed by atoms with Crippen LogP contribution in [0.4, 0.5) is 14.5 Å². The lowest BCUT2D eigenvalue weighted by Gasteiger charge is -2.21. The second-order valence-electron chi connectivity index (χ2n) is 5.35. The zero-order valence-electron chi connectivity index (χ0n) is 12.5. The van der Waals surface area contributed by atoms with Gasteiger partial charge in [0.05, 0.1) is 11.1 Å². The summed E-state index contributed by atoms with van der Waals surface area (Å²) in [5, 5.41) is 2.30. The van der Waals surface area contributed by atoms with Gasteiger partial charge in [0.2, 0.25) is 5.91 Å². The molecular weight excluding hydrogens is 318 g/mol. The van der Waals surface area contributed by atoms with Gasteiger partial charge in [-0.3, -0.25) is 19.3 Å². The average Bonchev–Trinajstić information content (AvgIpc) is 2.77. The number of hydrogen-bond donors (Lipinski definition) is 1. The van der Waals surface area contributed by atoms with Gasteiger partial charge < -0.3 is 5.32 Å². The molecule has 1 atom stereocenters. The van der Waals surface area contributed by atoms with Crippen molar-refractivity contribution in [3.63, 3.8) is 0 Å². The third-order valence-corrected chi connectivity index (χ3v) is 3.72. The molecular formula is C17H12F2N2O3. The molecule has 0 aliphatic carbocycles. The fourth-order valence-electron chi connectivity index (χ4n) is 2.55. The van der Waals surface area contributed by atoms with Crippen molar-refractivity contribution in [3.8, 4) is 0 Å². The molecule has 3 amide bonds. The van der Waals surface area contributed by atoms with E-state index in [2.05, 4.69) is 5.32 Å². The topological polar surface area (TPSA) is 66.5 Å². The van der Waals surface area contributed by atoms with E-state index < -0.39 is 35.4 Å². The highest BCUT2D eigenvalue weighted by molar-refractivity contribution is 6.23. The van der Waals surface area contributed by atoms with Crippen LogP contribution >= 0.6 is 0 Å². The fraction of sp³-hybridized carbons (Fsp3) is 0.118. The van der Waals surface area contributed by atoms with Crippen LogP contribution < -0.4 is 5.32 Å². The first-order valence-electron chi connectivity index (χ1n) is 7.12. The van der Waals surface area contributed by atoms with Crippen molar-refractivity contribution in [1.29, 1.82) is 0 Å². The van der Waals surface area contributed by atoms with E-state index in [-0.39, 0.29) is 16.8 Å². The van der Waals surface area contributed by atoms with Gasteiger partial charge in [-0.05, 0) is 31.2 Å².